The Morgan fingerprint density at radius 3 is 2.48 bits per heavy atom. The molecule has 3 aromatic rings. The first-order valence-electron chi connectivity index (χ1n) is 10.8. The third-order valence-corrected chi connectivity index (χ3v) is 5.85. The van der Waals surface area contributed by atoms with Crippen LogP contribution in [0.4, 0.5) is 4.79 Å². The van der Waals surface area contributed by atoms with Gasteiger partial charge in [-0.25, -0.2) is 9.48 Å². The van der Waals surface area contributed by atoms with Crippen LogP contribution in [0.2, 0.25) is 0 Å². The van der Waals surface area contributed by atoms with Crippen LogP contribution < -0.4 is 20.9 Å². The van der Waals surface area contributed by atoms with Crippen LogP contribution in [0.25, 0.3) is 10.8 Å². The molecule has 0 aliphatic heterocycles. The van der Waals surface area contributed by atoms with Gasteiger partial charge in [0, 0.05) is 11.9 Å². The summed E-state index contributed by atoms with van der Waals surface area (Å²) in [6, 6.07) is 15.2. The van der Waals surface area contributed by atoms with Crippen molar-refractivity contribution in [1.29, 1.82) is 0 Å². The fraction of sp³-hybridized carbons (Fsp3) is 0.375. The largest absolute Gasteiger partial charge is 0.497 e. The average molecular weight is 421 g/mol. The highest BCUT2D eigenvalue weighted by Crippen LogP contribution is 2.28. The van der Waals surface area contributed by atoms with Gasteiger partial charge in [0.1, 0.15) is 5.75 Å². The van der Waals surface area contributed by atoms with Crippen LogP contribution in [0, 0.1) is 0 Å². The van der Waals surface area contributed by atoms with Gasteiger partial charge in [0.25, 0.3) is 5.56 Å². The molecule has 0 bridgehead atoms. The van der Waals surface area contributed by atoms with Crippen molar-refractivity contribution in [2.75, 3.05) is 13.7 Å². The minimum absolute atomic E-state index is 0.0461. The van der Waals surface area contributed by atoms with Crippen molar-refractivity contribution in [3.8, 4) is 5.75 Å². The maximum Gasteiger partial charge on any atom is 0.315 e. The molecule has 1 heterocycles. The number of hydrogen-bond donors (Lipinski definition) is 2. The highest BCUT2D eigenvalue weighted by molar-refractivity contribution is 5.84. The Bertz CT molecular complexity index is 1100. The van der Waals surface area contributed by atoms with Crippen molar-refractivity contribution in [1.82, 2.24) is 20.4 Å². The summed E-state index contributed by atoms with van der Waals surface area (Å²) in [7, 11) is 1.64. The first-order valence-corrected chi connectivity index (χ1v) is 10.8. The lowest BCUT2D eigenvalue weighted by Gasteiger charge is -2.16. The topological polar surface area (TPSA) is 85.2 Å². The molecule has 0 saturated heterocycles. The fourth-order valence-electron chi connectivity index (χ4n) is 4.14. The summed E-state index contributed by atoms with van der Waals surface area (Å²) >= 11 is 0. The molecule has 2 amide bonds. The zero-order valence-corrected chi connectivity index (χ0v) is 17.8. The van der Waals surface area contributed by atoms with Crippen molar-refractivity contribution < 1.29 is 9.53 Å². The second-order valence-corrected chi connectivity index (χ2v) is 7.89. The smallest absolute Gasteiger partial charge is 0.315 e. The van der Waals surface area contributed by atoms with Gasteiger partial charge >= 0.3 is 6.03 Å². The molecule has 31 heavy (non-hydrogen) atoms. The van der Waals surface area contributed by atoms with Crippen LogP contribution in [0.15, 0.2) is 53.3 Å². The van der Waals surface area contributed by atoms with Gasteiger partial charge in [-0.3, -0.25) is 4.79 Å². The second kappa shape index (κ2) is 9.64. The predicted molar refractivity (Wildman–Crippen MR) is 120 cm³/mol. The molecule has 1 fully saturated rings. The van der Waals surface area contributed by atoms with Gasteiger partial charge in [-0.2, -0.15) is 5.10 Å². The molecule has 4 rings (SSSR count). The number of benzene rings is 2. The quantitative estimate of drug-likeness (QED) is 0.612. The molecular formula is C24H28N4O3. The lowest BCUT2D eigenvalue weighted by molar-refractivity contribution is 0.240. The number of aromatic nitrogens is 2. The van der Waals surface area contributed by atoms with Crippen LogP contribution >= 0.6 is 0 Å². The summed E-state index contributed by atoms with van der Waals surface area (Å²) < 4.78 is 6.79. The number of hydrogen-bond acceptors (Lipinski definition) is 4. The number of methoxy groups -OCH3 is 1. The molecule has 0 spiro atoms. The number of carbonyl (C=O) groups excluding carboxylic acids is 1. The Balaban J connectivity index is 1.40. The van der Waals surface area contributed by atoms with Gasteiger partial charge in [-0.15, -0.1) is 0 Å². The van der Waals surface area contributed by atoms with Gasteiger partial charge in [0.15, 0.2) is 0 Å². The zero-order valence-electron chi connectivity index (χ0n) is 17.8. The number of rotatable bonds is 7. The minimum atomic E-state index is -0.252. The van der Waals surface area contributed by atoms with Crippen molar-refractivity contribution in [3.05, 3.63) is 70.1 Å². The summed E-state index contributed by atoms with van der Waals surface area (Å²) in [5, 5.41) is 11.9. The normalized spacial score (nSPS) is 14.0. The molecule has 7 heteroatoms. The second-order valence-electron chi connectivity index (χ2n) is 7.89. The van der Waals surface area contributed by atoms with E-state index in [4.69, 9.17) is 4.74 Å². The highest BCUT2D eigenvalue weighted by atomic mass is 16.5. The van der Waals surface area contributed by atoms with E-state index in [0.29, 0.717) is 17.6 Å². The van der Waals surface area contributed by atoms with E-state index >= 15 is 0 Å². The molecule has 1 saturated carbocycles. The molecule has 2 aromatic carbocycles. The molecule has 1 aliphatic rings. The highest BCUT2D eigenvalue weighted by Gasteiger charge is 2.21. The number of nitrogens with zero attached hydrogens (tertiary/aromatic N) is 2. The average Bonchev–Trinajstić information content (AvgIpc) is 3.34. The SMILES string of the molecule is COc1ccc(CCNC(=O)NCc2nn(C3CCCC3)c(=O)c3ccccc23)cc1. The Morgan fingerprint density at radius 2 is 1.77 bits per heavy atom. The van der Waals surface area contributed by atoms with Crippen LogP contribution in [-0.4, -0.2) is 29.5 Å². The molecule has 162 valence electrons. The van der Waals surface area contributed by atoms with Gasteiger partial charge in [-0.1, -0.05) is 43.2 Å². The van der Waals surface area contributed by atoms with E-state index in [1.165, 1.54) is 0 Å². The Kier molecular flexibility index (Phi) is 6.50. The fourth-order valence-corrected chi connectivity index (χ4v) is 4.14. The third-order valence-electron chi connectivity index (χ3n) is 5.85. The van der Waals surface area contributed by atoms with Crippen LogP contribution in [0.5, 0.6) is 5.75 Å². The minimum Gasteiger partial charge on any atom is -0.497 e. The molecule has 1 aliphatic carbocycles. The van der Waals surface area contributed by atoms with E-state index in [-0.39, 0.29) is 24.2 Å². The maximum atomic E-state index is 12.9. The standard InChI is InChI=1S/C24H28N4O3/c1-31-19-12-10-17(11-13-19)14-15-25-24(30)26-16-22-20-8-4-5-9-21(20)23(29)28(27-22)18-6-2-3-7-18/h4-5,8-13,18H,2-3,6-7,14-16H2,1H3,(H2,25,26,30). The number of fused-ring (bicyclic) bond motifs is 1. The molecule has 0 radical (unpaired) electrons. The first-order chi connectivity index (χ1) is 15.2. The first kappa shape index (κ1) is 20.9. The predicted octanol–water partition coefficient (Wildman–Crippen LogP) is 3.56. The van der Waals surface area contributed by atoms with Gasteiger partial charge in [0.2, 0.25) is 0 Å². The Hall–Kier alpha value is -3.35. The van der Waals surface area contributed by atoms with Gasteiger partial charge in [-0.05, 0) is 43.0 Å². The van der Waals surface area contributed by atoms with Gasteiger partial charge in [0.05, 0.1) is 30.8 Å². The van der Waals surface area contributed by atoms with Crippen LogP contribution in [0.1, 0.15) is 43.0 Å². The lowest BCUT2D eigenvalue weighted by atomic mass is 10.1. The van der Waals surface area contributed by atoms with E-state index in [1.54, 1.807) is 11.8 Å². The molecule has 0 atom stereocenters. The lowest BCUT2D eigenvalue weighted by Crippen LogP contribution is -2.37. The number of nitrogens with one attached hydrogen (secondary N) is 2. The number of ether oxygens (including phenoxy) is 1. The zero-order chi connectivity index (χ0) is 21.6. The van der Waals surface area contributed by atoms with Crippen molar-refractivity contribution >= 4 is 16.8 Å². The molecule has 1 aromatic heterocycles. The van der Waals surface area contributed by atoms with E-state index in [0.717, 1.165) is 48.8 Å². The molecular weight excluding hydrogens is 392 g/mol. The Morgan fingerprint density at radius 1 is 1.06 bits per heavy atom. The van der Waals surface area contributed by atoms with E-state index in [2.05, 4.69) is 15.7 Å². The Labute approximate surface area is 181 Å². The molecule has 0 unspecified atom stereocenters. The summed E-state index contributed by atoms with van der Waals surface area (Å²) in [6.07, 6.45) is 4.92. The third kappa shape index (κ3) is 4.87. The number of carbonyl (C=O) groups is 1. The summed E-state index contributed by atoms with van der Waals surface area (Å²) in [6.45, 7) is 0.787. The summed E-state index contributed by atoms with van der Waals surface area (Å²) in [4.78, 5) is 25.2. The van der Waals surface area contributed by atoms with Crippen LogP contribution in [-0.2, 0) is 13.0 Å². The number of amides is 2. The van der Waals surface area contributed by atoms with Crippen molar-refractivity contribution in [2.45, 2.75) is 44.7 Å². The van der Waals surface area contributed by atoms with E-state index < -0.39 is 0 Å². The van der Waals surface area contributed by atoms with E-state index in [1.807, 2.05) is 48.5 Å². The summed E-state index contributed by atoms with van der Waals surface area (Å²) in [5.41, 5.74) is 1.79. The molecule has 2 N–H and O–H groups in total. The van der Waals surface area contributed by atoms with E-state index in [9.17, 15) is 9.59 Å². The monoisotopic (exact) mass is 420 g/mol. The summed E-state index contributed by atoms with van der Waals surface area (Å²) in [5.74, 6) is 0.813. The van der Waals surface area contributed by atoms with Crippen LogP contribution in [0.3, 0.4) is 0 Å². The van der Waals surface area contributed by atoms with Gasteiger partial charge < -0.3 is 15.4 Å². The van der Waals surface area contributed by atoms with Crippen molar-refractivity contribution in [2.24, 2.45) is 0 Å². The van der Waals surface area contributed by atoms with Crippen molar-refractivity contribution in [3.63, 3.8) is 0 Å². The maximum absolute atomic E-state index is 12.9. The number of urea groups is 1. The molecule has 7 nitrogen and oxygen atoms in total.